The van der Waals surface area contributed by atoms with Gasteiger partial charge in [-0.05, 0) is 65.9 Å². The maximum atomic E-state index is 12.5. The number of ether oxygens (including phenoxy) is 3. The highest BCUT2D eigenvalue weighted by Gasteiger charge is 2.15. The molecule has 8 nitrogen and oxygen atoms in total. The van der Waals surface area contributed by atoms with Crippen LogP contribution in [0.25, 0.3) is 6.08 Å². The van der Waals surface area contributed by atoms with Crippen molar-refractivity contribution in [3.63, 3.8) is 0 Å². The van der Waals surface area contributed by atoms with Crippen molar-refractivity contribution in [2.75, 3.05) is 13.7 Å². The number of methoxy groups -OCH3 is 1. The SMILES string of the molecule is COc1cc(/C=C(\C#N)C(=O)NCc2ccco2)ccc1OC(=O)COc1cc(C)ccc1C(C)C. The minimum absolute atomic E-state index is 0.0964. The van der Waals surface area contributed by atoms with E-state index in [-0.39, 0.29) is 36.1 Å². The second-order valence-electron chi connectivity index (χ2n) is 8.30. The molecule has 1 N–H and O–H groups in total. The third-order valence-corrected chi connectivity index (χ3v) is 5.23. The molecule has 36 heavy (non-hydrogen) atoms. The van der Waals surface area contributed by atoms with Gasteiger partial charge in [0, 0.05) is 0 Å². The van der Waals surface area contributed by atoms with E-state index in [1.807, 2.05) is 31.2 Å². The van der Waals surface area contributed by atoms with Gasteiger partial charge in [0.1, 0.15) is 23.2 Å². The second kappa shape index (κ2) is 12.3. The molecule has 3 aromatic rings. The van der Waals surface area contributed by atoms with Crippen LogP contribution in [0.5, 0.6) is 17.2 Å². The summed E-state index contributed by atoms with van der Waals surface area (Å²) in [5.41, 5.74) is 2.46. The number of amides is 1. The van der Waals surface area contributed by atoms with E-state index in [4.69, 9.17) is 18.6 Å². The summed E-state index contributed by atoms with van der Waals surface area (Å²) in [4.78, 5) is 24.8. The zero-order chi connectivity index (χ0) is 26.1. The molecular formula is C28H28N2O6. The Morgan fingerprint density at radius 1 is 1.11 bits per heavy atom. The summed E-state index contributed by atoms with van der Waals surface area (Å²) in [6.45, 7) is 5.94. The molecule has 1 heterocycles. The van der Waals surface area contributed by atoms with Crippen molar-refractivity contribution in [3.8, 4) is 23.3 Å². The molecule has 0 spiro atoms. The van der Waals surface area contributed by atoms with E-state index < -0.39 is 11.9 Å². The van der Waals surface area contributed by atoms with Crippen molar-refractivity contribution in [3.05, 3.63) is 82.8 Å². The van der Waals surface area contributed by atoms with Crippen LogP contribution in [-0.2, 0) is 16.1 Å². The first-order chi connectivity index (χ1) is 17.3. The van der Waals surface area contributed by atoms with Crippen LogP contribution in [0.2, 0.25) is 0 Å². The molecular weight excluding hydrogens is 460 g/mol. The Bertz CT molecular complexity index is 1290. The van der Waals surface area contributed by atoms with Crippen molar-refractivity contribution in [2.24, 2.45) is 0 Å². The standard InChI is InChI=1S/C28H28N2O6/c1-18(2)23-9-7-19(3)12-25(23)35-17-27(31)36-24-10-8-20(14-26(24)33-4)13-21(15-29)28(32)30-16-22-6-5-11-34-22/h5-14,18H,16-17H2,1-4H3,(H,30,32)/b21-13+. The summed E-state index contributed by atoms with van der Waals surface area (Å²) in [5, 5.41) is 12.0. The molecule has 0 radical (unpaired) electrons. The molecule has 1 aromatic heterocycles. The largest absolute Gasteiger partial charge is 0.493 e. The van der Waals surface area contributed by atoms with Crippen molar-refractivity contribution < 1.29 is 28.2 Å². The number of carbonyl (C=O) groups is 2. The normalized spacial score (nSPS) is 11.1. The Balaban J connectivity index is 1.66. The van der Waals surface area contributed by atoms with Crippen LogP contribution in [0.1, 0.15) is 42.2 Å². The van der Waals surface area contributed by atoms with Crippen LogP contribution in [-0.4, -0.2) is 25.6 Å². The maximum absolute atomic E-state index is 12.5. The number of nitrogens with one attached hydrogen (secondary N) is 1. The van der Waals surface area contributed by atoms with Crippen LogP contribution < -0.4 is 19.5 Å². The molecule has 1 amide bonds. The second-order valence-corrected chi connectivity index (χ2v) is 8.30. The molecule has 186 valence electrons. The Kier molecular flexibility index (Phi) is 8.89. The molecule has 0 unspecified atom stereocenters. The van der Waals surface area contributed by atoms with E-state index >= 15 is 0 Å². The Hall–Kier alpha value is -4.51. The highest BCUT2D eigenvalue weighted by Crippen LogP contribution is 2.30. The van der Waals surface area contributed by atoms with Crippen LogP contribution in [0.15, 0.2) is 64.8 Å². The lowest BCUT2D eigenvalue weighted by Crippen LogP contribution is -2.23. The van der Waals surface area contributed by atoms with Gasteiger partial charge < -0.3 is 23.9 Å². The van der Waals surface area contributed by atoms with Gasteiger partial charge in [-0.3, -0.25) is 4.79 Å². The quantitative estimate of drug-likeness (QED) is 0.186. The fourth-order valence-electron chi connectivity index (χ4n) is 3.38. The smallest absolute Gasteiger partial charge is 0.349 e. The van der Waals surface area contributed by atoms with E-state index in [0.717, 1.165) is 11.1 Å². The predicted molar refractivity (Wildman–Crippen MR) is 134 cm³/mol. The highest BCUT2D eigenvalue weighted by atomic mass is 16.6. The lowest BCUT2D eigenvalue weighted by atomic mass is 10.0. The minimum atomic E-state index is -0.595. The summed E-state index contributed by atoms with van der Waals surface area (Å²) in [6.07, 6.45) is 2.92. The number of rotatable bonds is 10. The predicted octanol–water partition coefficient (Wildman–Crippen LogP) is 4.93. The molecule has 0 aliphatic heterocycles. The summed E-state index contributed by atoms with van der Waals surface area (Å²) in [5.74, 6) is 0.772. The lowest BCUT2D eigenvalue weighted by Gasteiger charge is -2.15. The van der Waals surface area contributed by atoms with Crippen LogP contribution in [0, 0.1) is 18.3 Å². The molecule has 0 aliphatic carbocycles. The number of nitrogens with zero attached hydrogens (tertiary/aromatic N) is 1. The fraction of sp³-hybridized carbons (Fsp3) is 0.250. The molecule has 0 atom stereocenters. The first-order valence-electron chi connectivity index (χ1n) is 11.3. The first-order valence-corrected chi connectivity index (χ1v) is 11.3. The van der Waals surface area contributed by atoms with Crippen LogP contribution >= 0.6 is 0 Å². The number of hydrogen-bond acceptors (Lipinski definition) is 7. The first kappa shape index (κ1) is 26.1. The molecule has 0 bridgehead atoms. The molecule has 0 saturated heterocycles. The molecule has 0 saturated carbocycles. The number of furan rings is 1. The minimum Gasteiger partial charge on any atom is -0.493 e. The monoisotopic (exact) mass is 488 g/mol. The van der Waals surface area contributed by atoms with Crippen molar-refractivity contribution in [2.45, 2.75) is 33.2 Å². The van der Waals surface area contributed by atoms with Crippen molar-refractivity contribution >= 4 is 18.0 Å². The zero-order valence-electron chi connectivity index (χ0n) is 20.7. The van der Waals surface area contributed by atoms with Gasteiger partial charge in [0.15, 0.2) is 18.1 Å². The molecule has 0 aliphatic rings. The Morgan fingerprint density at radius 3 is 2.58 bits per heavy atom. The van der Waals surface area contributed by atoms with Gasteiger partial charge in [-0.15, -0.1) is 0 Å². The van der Waals surface area contributed by atoms with E-state index in [9.17, 15) is 14.9 Å². The van der Waals surface area contributed by atoms with Crippen LogP contribution in [0.3, 0.4) is 0 Å². The third kappa shape index (κ3) is 7.00. The van der Waals surface area contributed by atoms with E-state index in [2.05, 4.69) is 19.2 Å². The number of esters is 1. The Labute approximate surface area is 210 Å². The van der Waals surface area contributed by atoms with Crippen molar-refractivity contribution in [1.29, 1.82) is 5.26 Å². The summed E-state index contributed by atoms with van der Waals surface area (Å²) in [7, 11) is 1.43. The number of benzene rings is 2. The summed E-state index contributed by atoms with van der Waals surface area (Å²) < 4.78 is 21.7. The van der Waals surface area contributed by atoms with Gasteiger partial charge in [0.25, 0.3) is 5.91 Å². The molecule has 0 fully saturated rings. The topological polar surface area (TPSA) is 111 Å². The average molecular weight is 489 g/mol. The fourth-order valence-corrected chi connectivity index (χ4v) is 3.38. The third-order valence-electron chi connectivity index (χ3n) is 5.23. The average Bonchev–Trinajstić information content (AvgIpc) is 3.39. The maximum Gasteiger partial charge on any atom is 0.349 e. The Morgan fingerprint density at radius 2 is 1.92 bits per heavy atom. The van der Waals surface area contributed by atoms with E-state index in [1.165, 1.54) is 25.5 Å². The molecule has 2 aromatic carbocycles. The van der Waals surface area contributed by atoms with Gasteiger partial charge in [-0.1, -0.05) is 32.0 Å². The number of aryl methyl sites for hydroxylation is 1. The zero-order valence-corrected chi connectivity index (χ0v) is 20.7. The van der Waals surface area contributed by atoms with E-state index in [1.54, 1.807) is 24.3 Å². The van der Waals surface area contributed by atoms with Gasteiger partial charge >= 0.3 is 5.97 Å². The lowest BCUT2D eigenvalue weighted by molar-refractivity contribution is -0.136. The van der Waals surface area contributed by atoms with E-state index in [0.29, 0.717) is 17.1 Å². The van der Waals surface area contributed by atoms with Gasteiger partial charge in [0.05, 0.1) is 19.9 Å². The highest BCUT2D eigenvalue weighted by molar-refractivity contribution is 6.01. The molecule has 3 rings (SSSR count). The number of nitriles is 1. The number of hydrogen-bond donors (Lipinski definition) is 1. The van der Waals surface area contributed by atoms with Gasteiger partial charge in [-0.25, -0.2) is 4.79 Å². The van der Waals surface area contributed by atoms with Gasteiger partial charge in [-0.2, -0.15) is 5.26 Å². The van der Waals surface area contributed by atoms with Crippen molar-refractivity contribution in [1.82, 2.24) is 5.32 Å². The molecule has 8 heteroatoms. The van der Waals surface area contributed by atoms with Crippen LogP contribution in [0.4, 0.5) is 0 Å². The number of carbonyl (C=O) groups excluding carboxylic acids is 2. The van der Waals surface area contributed by atoms with Gasteiger partial charge in [0.2, 0.25) is 0 Å². The summed E-state index contributed by atoms with van der Waals surface area (Å²) in [6, 6.07) is 15.9. The summed E-state index contributed by atoms with van der Waals surface area (Å²) >= 11 is 0.